The Morgan fingerprint density at radius 1 is 1.31 bits per heavy atom. The molecule has 2 saturated heterocycles. The van der Waals surface area contributed by atoms with E-state index in [1.54, 1.807) is 0 Å². The Kier molecular flexibility index (Phi) is 3.77. The zero-order valence-electron chi connectivity index (χ0n) is 10.1. The molecule has 4 nitrogen and oxygen atoms in total. The van der Waals surface area contributed by atoms with E-state index in [9.17, 15) is 4.79 Å². The average Bonchev–Trinajstić information content (AvgIpc) is 2.29. The number of hydrogen-bond acceptors (Lipinski definition) is 4. The van der Waals surface area contributed by atoms with Crippen molar-refractivity contribution in [2.24, 2.45) is 0 Å². The summed E-state index contributed by atoms with van der Waals surface area (Å²) in [6.45, 7) is 5.93. The first-order valence-corrected chi connectivity index (χ1v) is 6.97. The molecule has 0 unspecified atom stereocenters. The van der Waals surface area contributed by atoms with Crippen LogP contribution in [0.1, 0.15) is 6.92 Å². The summed E-state index contributed by atoms with van der Waals surface area (Å²) in [5.41, 5.74) is -0.630. The van der Waals surface area contributed by atoms with Gasteiger partial charge in [-0.15, -0.1) is 0 Å². The molecule has 2 aliphatic heterocycles. The lowest BCUT2D eigenvalue weighted by Crippen LogP contribution is -2.59. The summed E-state index contributed by atoms with van der Waals surface area (Å²) in [5, 5.41) is 0. The van der Waals surface area contributed by atoms with Crippen molar-refractivity contribution in [1.82, 2.24) is 9.80 Å². The van der Waals surface area contributed by atoms with Gasteiger partial charge >= 0.3 is 0 Å². The van der Waals surface area contributed by atoms with Crippen LogP contribution in [0.2, 0.25) is 0 Å². The number of morpholine rings is 1. The number of rotatable bonds is 1. The minimum Gasteiger partial charge on any atom is -0.363 e. The predicted octanol–water partition coefficient (Wildman–Crippen LogP) is 0.282. The Balaban J connectivity index is 2.01. The molecule has 0 radical (unpaired) electrons. The van der Waals surface area contributed by atoms with Crippen LogP contribution in [0.5, 0.6) is 0 Å². The summed E-state index contributed by atoms with van der Waals surface area (Å²) in [5.74, 6) is 2.27. The van der Waals surface area contributed by atoms with E-state index in [1.807, 2.05) is 30.6 Å². The zero-order valence-corrected chi connectivity index (χ0v) is 10.9. The van der Waals surface area contributed by atoms with E-state index in [0.29, 0.717) is 13.2 Å². The van der Waals surface area contributed by atoms with Gasteiger partial charge in [-0.05, 0) is 14.0 Å². The van der Waals surface area contributed by atoms with Gasteiger partial charge in [0, 0.05) is 37.7 Å². The molecule has 0 N–H and O–H groups in total. The topological polar surface area (TPSA) is 32.8 Å². The van der Waals surface area contributed by atoms with Crippen LogP contribution in [0.25, 0.3) is 0 Å². The lowest BCUT2D eigenvalue weighted by molar-refractivity contribution is -0.165. The van der Waals surface area contributed by atoms with E-state index in [2.05, 4.69) is 4.90 Å². The van der Waals surface area contributed by atoms with Gasteiger partial charge < -0.3 is 14.5 Å². The summed E-state index contributed by atoms with van der Waals surface area (Å²) in [6.07, 6.45) is 0. The van der Waals surface area contributed by atoms with Gasteiger partial charge in [0.25, 0.3) is 5.91 Å². The highest BCUT2D eigenvalue weighted by atomic mass is 32.2. The molecule has 16 heavy (non-hydrogen) atoms. The van der Waals surface area contributed by atoms with E-state index in [1.165, 1.54) is 0 Å². The fraction of sp³-hybridized carbons (Fsp3) is 0.909. The van der Waals surface area contributed by atoms with Gasteiger partial charge in [-0.1, -0.05) is 0 Å². The van der Waals surface area contributed by atoms with Crippen molar-refractivity contribution < 1.29 is 9.53 Å². The van der Waals surface area contributed by atoms with Crippen LogP contribution in [-0.4, -0.2) is 72.6 Å². The Labute approximate surface area is 101 Å². The highest BCUT2D eigenvalue weighted by molar-refractivity contribution is 7.99. The lowest BCUT2D eigenvalue weighted by Gasteiger charge is -2.41. The number of carbonyl (C=O) groups is 1. The number of likely N-dealkylation sites (N-methyl/N-ethyl adjacent to an activating group) is 1. The summed E-state index contributed by atoms with van der Waals surface area (Å²) >= 11 is 1.92. The third-order valence-corrected chi connectivity index (χ3v) is 4.16. The van der Waals surface area contributed by atoms with Gasteiger partial charge in [0.2, 0.25) is 0 Å². The van der Waals surface area contributed by atoms with Gasteiger partial charge in [-0.3, -0.25) is 4.79 Å². The molecule has 0 aliphatic carbocycles. The normalized spacial score (nSPS) is 32.8. The first-order valence-electron chi connectivity index (χ1n) is 5.81. The minimum atomic E-state index is -0.630. The number of carbonyl (C=O) groups excluding carboxylic acids is 1. The number of thioether (sulfide) groups is 1. The highest BCUT2D eigenvalue weighted by Crippen LogP contribution is 2.21. The molecule has 2 aliphatic rings. The lowest BCUT2D eigenvalue weighted by atomic mass is 10.0. The standard InChI is InChI=1S/C11H20N2O2S/c1-11(9-12(2)3-6-15-11)10(14)13-4-7-16-8-5-13/h3-9H2,1-2H3/t11-/m0/s1. The number of nitrogens with zero attached hydrogens (tertiary/aromatic N) is 2. The minimum absolute atomic E-state index is 0.166. The molecule has 1 amide bonds. The van der Waals surface area contributed by atoms with Gasteiger partial charge in [0.05, 0.1) is 6.61 Å². The molecular formula is C11H20N2O2S. The van der Waals surface area contributed by atoms with Crippen LogP contribution >= 0.6 is 11.8 Å². The van der Waals surface area contributed by atoms with Crippen molar-refractivity contribution in [2.45, 2.75) is 12.5 Å². The van der Waals surface area contributed by atoms with Crippen molar-refractivity contribution in [1.29, 1.82) is 0 Å². The van der Waals surface area contributed by atoms with E-state index in [4.69, 9.17) is 4.74 Å². The third-order valence-electron chi connectivity index (χ3n) is 3.22. The monoisotopic (exact) mass is 244 g/mol. The number of amides is 1. The second-order valence-corrected chi connectivity index (χ2v) is 5.95. The first-order chi connectivity index (χ1) is 7.62. The molecular weight excluding hydrogens is 224 g/mol. The predicted molar refractivity (Wildman–Crippen MR) is 65.8 cm³/mol. The first kappa shape index (κ1) is 12.2. The van der Waals surface area contributed by atoms with Crippen molar-refractivity contribution in [3.05, 3.63) is 0 Å². The molecule has 0 aromatic heterocycles. The summed E-state index contributed by atoms with van der Waals surface area (Å²) < 4.78 is 5.71. The molecule has 0 aromatic carbocycles. The molecule has 1 atom stereocenters. The molecule has 0 spiro atoms. The largest absolute Gasteiger partial charge is 0.363 e. The Morgan fingerprint density at radius 3 is 2.62 bits per heavy atom. The Bertz CT molecular complexity index is 269. The molecule has 0 bridgehead atoms. The van der Waals surface area contributed by atoms with E-state index < -0.39 is 5.60 Å². The highest BCUT2D eigenvalue weighted by Gasteiger charge is 2.41. The quantitative estimate of drug-likeness (QED) is 0.663. The molecule has 5 heteroatoms. The van der Waals surface area contributed by atoms with Gasteiger partial charge in [-0.2, -0.15) is 11.8 Å². The fourth-order valence-electron chi connectivity index (χ4n) is 2.30. The Hall–Kier alpha value is -0.260. The van der Waals surface area contributed by atoms with Crippen LogP contribution in [0.15, 0.2) is 0 Å². The van der Waals surface area contributed by atoms with Crippen molar-refractivity contribution >= 4 is 17.7 Å². The second kappa shape index (κ2) is 4.94. The maximum Gasteiger partial charge on any atom is 0.255 e. The van der Waals surface area contributed by atoms with Gasteiger partial charge in [0.15, 0.2) is 5.60 Å². The summed E-state index contributed by atoms with van der Waals surface area (Å²) in [7, 11) is 2.04. The smallest absolute Gasteiger partial charge is 0.255 e. The summed E-state index contributed by atoms with van der Waals surface area (Å²) in [6, 6.07) is 0. The number of hydrogen-bond donors (Lipinski definition) is 0. The van der Waals surface area contributed by atoms with Crippen molar-refractivity contribution in [3.63, 3.8) is 0 Å². The average molecular weight is 244 g/mol. The maximum absolute atomic E-state index is 12.4. The Morgan fingerprint density at radius 2 is 2.00 bits per heavy atom. The molecule has 2 heterocycles. The second-order valence-electron chi connectivity index (χ2n) is 4.72. The van der Waals surface area contributed by atoms with Crippen LogP contribution in [0.4, 0.5) is 0 Å². The van der Waals surface area contributed by atoms with E-state index >= 15 is 0 Å². The SMILES string of the molecule is CN1CCO[C@](C)(C(=O)N2CCSCC2)C1. The fourth-order valence-corrected chi connectivity index (χ4v) is 3.20. The van der Waals surface area contributed by atoms with Crippen LogP contribution < -0.4 is 0 Å². The van der Waals surface area contributed by atoms with E-state index in [-0.39, 0.29) is 5.91 Å². The maximum atomic E-state index is 12.4. The molecule has 2 rings (SSSR count). The van der Waals surface area contributed by atoms with Gasteiger partial charge in [-0.25, -0.2) is 0 Å². The number of ether oxygens (including phenoxy) is 1. The summed E-state index contributed by atoms with van der Waals surface area (Å²) in [4.78, 5) is 16.5. The zero-order chi connectivity index (χ0) is 11.6. The third kappa shape index (κ3) is 2.52. The van der Waals surface area contributed by atoms with Crippen LogP contribution in [0, 0.1) is 0 Å². The van der Waals surface area contributed by atoms with Crippen LogP contribution in [-0.2, 0) is 9.53 Å². The molecule has 92 valence electrons. The van der Waals surface area contributed by atoms with E-state index in [0.717, 1.165) is 31.1 Å². The van der Waals surface area contributed by atoms with Crippen molar-refractivity contribution in [3.8, 4) is 0 Å². The van der Waals surface area contributed by atoms with Crippen LogP contribution in [0.3, 0.4) is 0 Å². The van der Waals surface area contributed by atoms with Gasteiger partial charge in [0.1, 0.15) is 0 Å². The molecule has 2 fully saturated rings. The van der Waals surface area contributed by atoms with Crippen molar-refractivity contribution in [2.75, 3.05) is 51.3 Å². The molecule has 0 aromatic rings. The molecule has 0 saturated carbocycles.